The Bertz CT molecular complexity index is 1820. The maximum Gasteiger partial charge on any atom is 0.243 e. The molecule has 0 bridgehead atoms. The number of ether oxygens (including phenoxy) is 2. The van der Waals surface area contributed by atoms with Gasteiger partial charge in [0.25, 0.3) is 0 Å². The van der Waals surface area contributed by atoms with Crippen LogP contribution >= 0.6 is 0 Å². The van der Waals surface area contributed by atoms with Crippen molar-refractivity contribution >= 4 is 16.0 Å². The van der Waals surface area contributed by atoms with Crippen LogP contribution < -0.4 is 14.2 Å². The molecule has 4 aromatic heterocycles. The van der Waals surface area contributed by atoms with Gasteiger partial charge in [0.05, 0.1) is 19.5 Å². The Balaban J connectivity index is 1.54. The third-order valence-corrected chi connectivity index (χ3v) is 8.52. The molecular formula is C29H31N9O4S. The number of aromatic nitrogens is 8. The van der Waals surface area contributed by atoms with Crippen molar-refractivity contribution in [2.45, 2.75) is 38.9 Å². The number of rotatable bonds is 11. The molecule has 0 unspecified atom stereocenters. The van der Waals surface area contributed by atoms with Gasteiger partial charge in [-0.2, -0.15) is 0 Å². The minimum atomic E-state index is -4.04. The summed E-state index contributed by atoms with van der Waals surface area (Å²) in [5.41, 5.74) is 3.37. The van der Waals surface area contributed by atoms with Crippen LogP contribution in [-0.4, -0.2) is 67.6 Å². The normalized spacial score (nSPS) is 12.1. The molecule has 13 nitrogen and oxygen atoms in total. The lowest BCUT2D eigenvalue weighted by Crippen LogP contribution is -2.31. The Morgan fingerprint density at radius 3 is 2.30 bits per heavy atom. The van der Waals surface area contributed by atoms with Crippen LogP contribution in [0.4, 0.5) is 5.95 Å². The summed E-state index contributed by atoms with van der Waals surface area (Å²) in [5, 5.41) is 7.72. The van der Waals surface area contributed by atoms with Crippen LogP contribution in [0, 0.1) is 13.8 Å². The number of hydrogen-bond acceptors (Lipinski definition) is 11. The highest BCUT2D eigenvalue weighted by Gasteiger charge is 2.30. The largest absolute Gasteiger partial charge is 0.494 e. The molecule has 1 N–H and O–H groups in total. The zero-order chi connectivity index (χ0) is 30.6. The van der Waals surface area contributed by atoms with Gasteiger partial charge in [0.2, 0.25) is 16.0 Å². The minimum Gasteiger partial charge on any atom is -0.494 e. The van der Waals surface area contributed by atoms with Crippen molar-refractivity contribution in [1.82, 2.24) is 39.7 Å². The van der Waals surface area contributed by atoms with E-state index in [2.05, 4.69) is 39.8 Å². The Morgan fingerprint density at radius 1 is 0.930 bits per heavy atom. The zero-order valence-electron chi connectivity index (χ0n) is 24.4. The summed E-state index contributed by atoms with van der Waals surface area (Å²) >= 11 is 0. The molecule has 43 heavy (non-hydrogen) atoms. The fourth-order valence-electron chi connectivity index (χ4n) is 4.51. The number of sulfonamides is 1. The summed E-state index contributed by atoms with van der Waals surface area (Å²) in [6.07, 6.45) is 8.63. The van der Waals surface area contributed by atoms with Crippen molar-refractivity contribution in [3.8, 4) is 40.1 Å². The Labute approximate surface area is 249 Å². The second-order valence-corrected chi connectivity index (χ2v) is 11.7. The average Bonchev–Trinajstić information content (AvgIpc) is 3.41. The van der Waals surface area contributed by atoms with Gasteiger partial charge in [-0.3, -0.25) is 14.3 Å². The van der Waals surface area contributed by atoms with Crippen LogP contribution in [0.1, 0.15) is 30.3 Å². The first kappa shape index (κ1) is 29.5. The number of anilines is 1. The molecule has 1 atom stereocenters. The highest BCUT2D eigenvalue weighted by molar-refractivity contribution is 7.93. The predicted octanol–water partition coefficient (Wildman–Crippen LogP) is 3.97. The molecule has 0 saturated heterocycles. The SMILES string of the molecule is CC[C@H](Cc1nccc(-c2ncc(C)cn2)n1)S(=O)(=O)Nc1nnc(-c2cncc(C)c2)n1-c1c(OC)cccc1OC. The minimum absolute atomic E-state index is 0.0412. The molecule has 0 fully saturated rings. The summed E-state index contributed by atoms with van der Waals surface area (Å²) in [6, 6.07) is 8.82. The van der Waals surface area contributed by atoms with E-state index in [4.69, 9.17) is 9.47 Å². The monoisotopic (exact) mass is 601 g/mol. The van der Waals surface area contributed by atoms with Crippen LogP contribution in [-0.2, 0) is 16.4 Å². The van der Waals surface area contributed by atoms with Gasteiger partial charge in [-0.05, 0) is 55.7 Å². The van der Waals surface area contributed by atoms with Crippen LogP contribution in [0.2, 0.25) is 0 Å². The van der Waals surface area contributed by atoms with Crippen LogP contribution in [0.25, 0.3) is 28.6 Å². The summed E-state index contributed by atoms with van der Waals surface area (Å²) in [7, 11) is -1.00. The number of pyridine rings is 1. The molecule has 0 aliphatic heterocycles. The first-order valence-corrected chi connectivity index (χ1v) is 15.0. The molecule has 0 saturated carbocycles. The van der Waals surface area contributed by atoms with E-state index in [-0.39, 0.29) is 18.8 Å². The number of methoxy groups -OCH3 is 2. The number of benzene rings is 1. The van der Waals surface area contributed by atoms with E-state index < -0.39 is 15.3 Å². The average molecular weight is 602 g/mol. The lowest BCUT2D eigenvalue weighted by molar-refractivity contribution is 0.391. The summed E-state index contributed by atoms with van der Waals surface area (Å²) in [6.45, 7) is 5.58. The molecular weight excluding hydrogens is 570 g/mol. The highest BCUT2D eigenvalue weighted by Crippen LogP contribution is 2.38. The predicted molar refractivity (Wildman–Crippen MR) is 161 cm³/mol. The van der Waals surface area contributed by atoms with Crippen molar-refractivity contribution < 1.29 is 17.9 Å². The van der Waals surface area contributed by atoms with E-state index in [0.29, 0.717) is 45.9 Å². The van der Waals surface area contributed by atoms with Gasteiger partial charge >= 0.3 is 0 Å². The van der Waals surface area contributed by atoms with Crippen molar-refractivity contribution in [3.63, 3.8) is 0 Å². The van der Waals surface area contributed by atoms with Gasteiger partial charge in [-0.1, -0.05) is 13.0 Å². The Hall–Kier alpha value is -4.98. The first-order chi connectivity index (χ1) is 20.7. The molecule has 0 aliphatic rings. The van der Waals surface area contributed by atoms with Crippen molar-refractivity contribution in [2.24, 2.45) is 0 Å². The van der Waals surface area contributed by atoms with Crippen molar-refractivity contribution in [2.75, 3.05) is 18.9 Å². The van der Waals surface area contributed by atoms with E-state index in [1.165, 1.54) is 14.2 Å². The number of nitrogens with zero attached hydrogens (tertiary/aromatic N) is 8. The van der Waals surface area contributed by atoms with Crippen LogP contribution in [0.5, 0.6) is 11.5 Å². The number of nitrogens with one attached hydrogen (secondary N) is 1. The molecule has 4 heterocycles. The summed E-state index contributed by atoms with van der Waals surface area (Å²) in [5.74, 6) is 1.94. The molecule has 5 rings (SSSR count). The van der Waals surface area contributed by atoms with E-state index in [0.717, 1.165) is 11.1 Å². The second kappa shape index (κ2) is 12.5. The van der Waals surface area contributed by atoms with Gasteiger partial charge in [-0.15, -0.1) is 10.2 Å². The number of para-hydroxylation sites is 1. The summed E-state index contributed by atoms with van der Waals surface area (Å²) in [4.78, 5) is 21.8. The van der Waals surface area contributed by atoms with Gasteiger partial charge in [0.15, 0.2) is 11.6 Å². The van der Waals surface area contributed by atoms with E-state index in [9.17, 15) is 8.42 Å². The lowest BCUT2D eigenvalue weighted by Gasteiger charge is -2.20. The third kappa shape index (κ3) is 6.28. The molecule has 222 valence electrons. The van der Waals surface area contributed by atoms with E-state index >= 15 is 0 Å². The Morgan fingerprint density at radius 2 is 1.65 bits per heavy atom. The molecule has 5 aromatic rings. The maximum absolute atomic E-state index is 13.9. The van der Waals surface area contributed by atoms with Gasteiger partial charge in [-0.25, -0.2) is 28.4 Å². The molecule has 0 amide bonds. The first-order valence-electron chi connectivity index (χ1n) is 13.5. The van der Waals surface area contributed by atoms with E-state index in [1.807, 2.05) is 19.9 Å². The van der Waals surface area contributed by atoms with Crippen molar-refractivity contribution in [3.05, 3.63) is 78.3 Å². The highest BCUT2D eigenvalue weighted by atomic mass is 32.2. The number of hydrogen-bond donors (Lipinski definition) is 1. The van der Waals surface area contributed by atoms with Gasteiger partial charge in [0, 0.05) is 43.0 Å². The molecule has 1 aromatic carbocycles. The standard InChI is InChI=1S/C29H31N9O4S/c1-6-21(13-25-31-11-10-22(34-25)27-32-15-19(3)16-33-27)43(39,40)37-29-36-35-28(20-12-18(2)14-30-17-20)38(29)26-23(41-4)8-7-9-24(26)42-5/h7-12,14-17,21H,6,13H2,1-5H3,(H,36,37)/t21-/m1/s1. The second-order valence-electron chi connectivity index (χ2n) is 9.77. The topological polar surface area (TPSA) is 160 Å². The number of aryl methyl sites for hydroxylation is 2. The molecule has 14 heteroatoms. The van der Waals surface area contributed by atoms with Gasteiger partial charge in [0.1, 0.15) is 28.7 Å². The fourth-order valence-corrected chi connectivity index (χ4v) is 5.87. The van der Waals surface area contributed by atoms with Gasteiger partial charge < -0.3 is 9.47 Å². The molecule has 0 aliphatic carbocycles. The smallest absolute Gasteiger partial charge is 0.243 e. The fraction of sp³-hybridized carbons (Fsp3) is 0.276. The van der Waals surface area contributed by atoms with Crippen LogP contribution in [0.15, 0.2) is 61.3 Å². The summed E-state index contributed by atoms with van der Waals surface area (Å²) < 4.78 is 43.2. The zero-order valence-corrected chi connectivity index (χ0v) is 25.2. The molecule has 0 spiro atoms. The quantitative estimate of drug-likeness (QED) is 0.233. The van der Waals surface area contributed by atoms with Crippen LogP contribution in [0.3, 0.4) is 0 Å². The third-order valence-electron chi connectivity index (χ3n) is 6.68. The molecule has 0 radical (unpaired) electrons. The Kier molecular flexibility index (Phi) is 8.57. The van der Waals surface area contributed by atoms with E-state index in [1.54, 1.807) is 66.7 Å². The maximum atomic E-state index is 13.9. The lowest BCUT2D eigenvalue weighted by atomic mass is 10.2. The van der Waals surface area contributed by atoms with Crippen molar-refractivity contribution in [1.29, 1.82) is 0 Å².